The van der Waals surface area contributed by atoms with Crippen LogP contribution in [0.4, 0.5) is 0 Å². The quantitative estimate of drug-likeness (QED) is 0.391. The number of fused-ring (bicyclic) bond motifs is 1. The largest absolute Gasteiger partial charge is 0.490 e. The predicted octanol–water partition coefficient (Wildman–Crippen LogP) is 6.61. The fourth-order valence-corrected chi connectivity index (χ4v) is 6.71. The molecule has 0 spiro atoms. The van der Waals surface area contributed by atoms with Gasteiger partial charge < -0.3 is 9.64 Å². The molecule has 1 aliphatic heterocycles. The first kappa shape index (κ1) is 25.1. The van der Waals surface area contributed by atoms with Gasteiger partial charge in [0.25, 0.3) is 10.0 Å². The van der Waals surface area contributed by atoms with Gasteiger partial charge in [0.15, 0.2) is 0 Å². The summed E-state index contributed by atoms with van der Waals surface area (Å²) < 4.78 is 35.6. The second-order valence-electron chi connectivity index (χ2n) is 11.4. The fraction of sp³-hybridized carbons (Fsp3) is 0.467. The topological polar surface area (TPSA) is 51.5 Å². The summed E-state index contributed by atoms with van der Waals surface area (Å²) >= 11 is 0. The monoisotopic (exact) mass is 506 g/mol. The van der Waals surface area contributed by atoms with Gasteiger partial charge >= 0.3 is 0 Å². The normalized spacial score (nSPS) is 18.4. The Morgan fingerprint density at radius 2 is 1.69 bits per heavy atom. The van der Waals surface area contributed by atoms with Gasteiger partial charge in [-0.3, -0.25) is 0 Å². The van der Waals surface area contributed by atoms with Crippen molar-refractivity contribution in [1.29, 1.82) is 0 Å². The molecule has 0 radical (unpaired) electrons. The van der Waals surface area contributed by atoms with E-state index in [0.29, 0.717) is 10.4 Å². The first-order chi connectivity index (χ1) is 17.1. The van der Waals surface area contributed by atoms with Gasteiger partial charge in [0.05, 0.1) is 16.5 Å². The van der Waals surface area contributed by atoms with Gasteiger partial charge in [-0.1, -0.05) is 45.4 Å². The van der Waals surface area contributed by atoms with E-state index in [1.807, 2.05) is 36.5 Å². The Hall–Kier alpha value is -2.57. The Kier molecular flexibility index (Phi) is 6.77. The average molecular weight is 507 g/mol. The third-order valence-electron chi connectivity index (χ3n) is 7.63. The first-order valence-corrected chi connectivity index (χ1v) is 14.6. The van der Waals surface area contributed by atoms with Crippen LogP contribution >= 0.6 is 0 Å². The highest BCUT2D eigenvalue weighted by Crippen LogP contribution is 2.36. The van der Waals surface area contributed by atoms with Crippen molar-refractivity contribution < 1.29 is 13.2 Å². The number of hydrogen-bond donors (Lipinski definition) is 0. The molecular weight excluding hydrogens is 468 g/mol. The molecule has 0 unspecified atom stereocenters. The lowest BCUT2D eigenvalue weighted by molar-refractivity contribution is 0.155. The Labute approximate surface area is 215 Å². The maximum absolute atomic E-state index is 13.9. The molecule has 2 heterocycles. The molecule has 0 bridgehead atoms. The van der Waals surface area contributed by atoms with E-state index in [1.54, 1.807) is 12.1 Å². The van der Waals surface area contributed by atoms with E-state index in [1.165, 1.54) is 28.8 Å². The molecule has 3 aromatic rings. The third kappa shape index (κ3) is 4.98. The fourth-order valence-electron chi connectivity index (χ4n) is 5.34. The lowest BCUT2D eigenvalue weighted by Crippen LogP contribution is -2.23. The minimum atomic E-state index is -3.76. The zero-order valence-electron chi connectivity index (χ0n) is 22.0. The second kappa shape index (κ2) is 9.71. The maximum Gasteiger partial charge on any atom is 0.268 e. The third-order valence-corrected chi connectivity index (χ3v) is 9.32. The van der Waals surface area contributed by atoms with Crippen LogP contribution < -0.4 is 4.74 Å². The minimum absolute atomic E-state index is 0.0367. The van der Waals surface area contributed by atoms with E-state index < -0.39 is 10.0 Å². The summed E-state index contributed by atoms with van der Waals surface area (Å²) in [7, 11) is -1.65. The van der Waals surface area contributed by atoms with Crippen molar-refractivity contribution in [2.45, 2.75) is 75.7 Å². The number of hydrogen-bond acceptors (Lipinski definition) is 4. The van der Waals surface area contributed by atoms with Crippen molar-refractivity contribution in [1.82, 2.24) is 8.87 Å². The molecule has 0 N–H and O–H groups in total. The lowest BCUT2D eigenvalue weighted by Gasteiger charge is -2.23. The van der Waals surface area contributed by atoms with Crippen LogP contribution in [0.5, 0.6) is 5.75 Å². The van der Waals surface area contributed by atoms with Gasteiger partial charge in [0, 0.05) is 30.2 Å². The van der Waals surface area contributed by atoms with E-state index in [2.05, 4.69) is 38.8 Å². The molecular formula is C30H38N2O3S. The van der Waals surface area contributed by atoms with Crippen LogP contribution in [0, 0.1) is 0 Å². The number of benzene rings is 2. The minimum Gasteiger partial charge on any atom is -0.490 e. The van der Waals surface area contributed by atoms with Crippen LogP contribution in [0.3, 0.4) is 0 Å². The number of aromatic nitrogens is 1. The van der Waals surface area contributed by atoms with Gasteiger partial charge in [-0.2, -0.15) is 0 Å². The van der Waals surface area contributed by atoms with Crippen LogP contribution in [0.2, 0.25) is 0 Å². The highest BCUT2D eigenvalue weighted by molar-refractivity contribution is 7.90. The molecule has 6 heteroatoms. The van der Waals surface area contributed by atoms with Crippen molar-refractivity contribution in [3.8, 4) is 5.75 Å². The molecule has 0 saturated heterocycles. The summed E-state index contributed by atoms with van der Waals surface area (Å²) in [4.78, 5) is 2.58. The highest BCUT2D eigenvalue weighted by Gasteiger charge is 2.25. The Morgan fingerprint density at radius 3 is 2.33 bits per heavy atom. The van der Waals surface area contributed by atoms with Gasteiger partial charge in [-0.25, -0.2) is 12.4 Å². The Bertz CT molecular complexity index is 1370. The zero-order valence-corrected chi connectivity index (χ0v) is 22.8. The van der Waals surface area contributed by atoms with Crippen molar-refractivity contribution in [2.24, 2.45) is 0 Å². The molecule has 36 heavy (non-hydrogen) atoms. The van der Waals surface area contributed by atoms with Gasteiger partial charge in [0.1, 0.15) is 5.75 Å². The van der Waals surface area contributed by atoms with E-state index >= 15 is 0 Å². The molecule has 2 aromatic carbocycles. The number of likely N-dealkylation sites (N-methyl/N-ethyl adjacent to an activating group) is 1. The summed E-state index contributed by atoms with van der Waals surface area (Å²) in [5, 5.41) is 0.939. The number of rotatable bonds is 5. The molecule has 0 atom stereocenters. The van der Waals surface area contributed by atoms with Crippen LogP contribution in [-0.2, 0) is 15.4 Å². The Morgan fingerprint density at radius 1 is 0.972 bits per heavy atom. The van der Waals surface area contributed by atoms with E-state index in [-0.39, 0.29) is 11.5 Å². The Balaban J connectivity index is 1.59. The van der Waals surface area contributed by atoms with Crippen molar-refractivity contribution in [3.05, 3.63) is 65.9 Å². The SMILES string of the molecule is CN1CC=C(c2cn(S(=O)(=O)c3ccc(C(C)(C)C)cc3)c3ccc(OC4CCCCC4)cc23)CC1. The number of ether oxygens (including phenoxy) is 1. The van der Waals surface area contributed by atoms with Crippen LogP contribution in [0.15, 0.2) is 59.6 Å². The molecule has 192 valence electrons. The molecule has 1 aromatic heterocycles. The predicted molar refractivity (Wildman–Crippen MR) is 147 cm³/mol. The smallest absolute Gasteiger partial charge is 0.268 e. The summed E-state index contributed by atoms with van der Waals surface area (Å²) in [6.45, 7) is 8.21. The van der Waals surface area contributed by atoms with Gasteiger partial charge in [-0.15, -0.1) is 0 Å². The zero-order chi connectivity index (χ0) is 25.5. The molecule has 5 rings (SSSR count). The van der Waals surface area contributed by atoms with Crippen LogP contribution in [0.1, 0.15) is 70.4 Å². The standard InChI is InChI=1S/C30H38N2O3S/c1-30(2,3)23-10-13-26(14-11-23)36(33,34)32-21-28(22-16-18-31(4)19-17-22)27-20-25(12-15-29(27)32)35-24-8-6-5-7-9-24/h10-16,20-21,24H,5-9,17-19H2,1-4H3. The second-order valence-corrected chi connectivity index (χ2v) is 13.2. The first-order valence-electron chi connectivity index (χ1n) is 13.2. The summed E-state index contributed by atoms with van der Waals surface area (Å²) in [6, 6.07) is 13.2. The maximum atomic E-state index is 13.9. The van der Waals surface area contributed by atoms with Crippen molar-refractivity contribution in [2.75, 3.05) is 20.1 Å². The van der Waals surface area contributed by atoms with Gasteiger partial charge in [0.2, 0.25) is 0 Å². The molecule has 5 nitrogen and oxygen atoms in total. The number of nitrogens with zero attached hydrogens (tertiary/aromatic N) is 2. The molecule has 1 fully saturated rings. The van der Waals surface area contributed by atoms with Crippen LogP contribution in [0.25, 0.3) is 16.5 Å². The average Bonchev–Trinajstić information content (AvgIpc) is 3.24. The van der Waals surface area contributed by atoms with Crippen molar-refractivity contribution in [3.63, 3.8) is 0 Å². The molecule has 0 amide bonds. The van der Waals surface area contributed by atoms with E-state index in [9.17, 15) is 8.42 Å². The van der Waals surface area contributed by atoms with Gasteiger partial charge in [-0.05, 0) is 86.0 Å². The van der Waals surface area contributed by atoms with Crippen molar-refractivity contribution >= 4 is 26.5 Å². The summed E-state index contributed by atoms with van der Waals surface area (Å²) in [5.74, 6) is 0.828. The van der Waals surface area contributed by atoms with E-state index in [0.717, 1.165) is 54.6 Å². The van der Waals surface area contributed by atoms with E-state index in [4.69, 9.17) is 4.74 Å². The summed E-state index contributed by atoms with van der Waals surface area (Å²) in [5.41, 5.74) is 3.96. The molecule has 2 aliphatic rings. The highest BCUT2D eigenvalue weighted by atomic mass is 32.2. The van der Waals surface area contributed by atoms with Crippen LogP contribution in [-0.4, -0.2) is 43.5 Å². The lowest BCUT2D eigenvalue weighted by atomic mass is 9.87. The summed E-state index contributed by atoms with van der Waals surface area (Å²) in [6.07, 6.45) is 11.1. The molecule has 1 saturated carbocycles. The molecule has 1 aliphatic carbocycles.